The zero-order valence-electron chi connectivity index (χ0n) is 10.8. The fourth-order valence-electron chi connectivity index (χ4n) is 1.65. The van der Waals surface area contributed by atoms with Gasteiger partial charge in [-0.3, -0.25) is 0 Å². The minimum atomic E-state index is 0.796. The third-order valence-corrected chi connectivity index (χ3v) is 3.62. The first-order chi connectivity index (χ1) is 8.58. The van der Waals surface area contributed by atoms with Gasteiger partial charge in [-0.25, -0.2) is 0 Å². The van der Waals surface area contributed by atoms with Crippen LogP contribution in [0.15, 0.2) is 35.5 Å². The molecule has 0 saturated heterocycles. The third kappa shape index (κ3) is 2.79. The summed E-state index contributed by atoms with van der Waals surface area (Å²) in [6.07, 6.45) is 0. The normalized spacial score (nSPS) is 10.6. The largest absolute Gasteiger partial charge is 0.214 e. The average molecular weight is 260 g/mol. The van der Waals surface area contributed by atoms with Gasteiger partial charge in [-0.05, 0) is 42.8 Å². The molecule has 0 radical (unpaired) electrons. The van der Waals surface area contributed by atoms with E-state index < -0.39 is 0 Å². The lowest BCUT2D eigenvalue weighted by atomic mass is 10.1. The molecular formula is C13H16N4S. The van der Waals surface area contributed by atoms with Gasteiger partial charge in [0.2, 0.25) is 5.16 Å². The molecule has 18 heavy (non-hydrogen) atoms. The van der Waals surface area contributed by atoms with E-state index in [1.165, 1.54) is 11.1 Å². The number of tetrazole rings is 1. The zero-order valence-corrected chi connectivity index (χ0v) is 11.7. The van der Waals surface area contributed by atoms with E-state index in [1.54, 1.807) is 16.4 Å². The van der Waals surface area contributed by atoms with E-state index in [0.717, 1.165) is 22.2 Å². The Kier molecular flexibility index (Phi) is 3.81. The molecule has 0 bridgehead atoms. The number of hydrogen-bond donors (Lipinski definition) is 0. The van der Waals surface area contributed by atoms with Crippen molar-refractivity contribution in [2.24, 2.45) is 0 Å². The topological polar surface area (TPSA) is 43.6 Å². The average Bonchev–Trinajstić information content (AvgIpc) is 2.74. The molecule has 0 atom stereocenters. The summed E-state index contributed by atoms with van der Waals surface area (Å²) in [5.74, 6) is 0.825. The molecule has 0 fully saturated rings. The molecule has 0 aliphatic carbocycles. The molecule has 0 aliphatic rings. The Bertz CT molecular complexity index is 574. The maximum Gasteiger partial charge on any atom is 0.214 e. The summed E-state index contributed by atoms with van der Waals surface area (Å²) in [5, 5.41) is 12.7. The third-order valence-electron chi connectivity index (χ3n) is 2.47. The van der Waals surface area contributed by atoms with Crippen LogP contribution < -0.4 is 0 Å². The van der Waals surface area contributed by atoms with Gasteiger partial charge in [0.15, 0.2) is 0 Å². The second-order valence-corrected chi connectivity index (χ2v) is 5.35. The van der Waals surface area contributed by atoms with Crippen LogP contribution in [0.3, 0.4) is 0 Å². The Balaban J connectivity index is 2.33. The summed E-state index contributed by atoms with van der Waals surface area (Å²) in [5.41, 5.74) is 4.53. The highest BCUT2D eigenvalue weighted by atomic mass is 32.2. The van der Waals surface area contributed by atoms with Gasteiger partial charge in [0.05, 0.1) is 5.69 Å². The Morgan fingerprint density at radius 2 is 2.17 bits per heavy atom. The van der Waals surface area contributed by atoms with Crippen molar-refractivity contribution in [3.8, 4) is 5.69 Å². The lowest BCUT2D eigenvalue weighted by molar-refractivity contribution is 0.752. The number of rotatable bonds is 4. The number of hydrogen-bond acceptors (Lipinski definition) is 4. The summed E-state index contributed by atoms with van der Waals surface area (Å²) in [4.78, 5) is 0. The number of nitrogens with zero attached hydrogens (tertiary/aromatic N) is 4. The van der Waals surface area contributed by atoms with Crippen molar-refractivity contribution < 1.29 is 0 Å². The van der Waals surface area contributed by atoms with E-state index in [2.05, 4.69) is 48.1 Å². The molecule has 1 aromatic carbocycles. The lowest BCUT2D eigenvalue weighted by Gasteiger charge is -2.08. The number of aryl methyl sites for hydroxylation is 2. The minimum absolute atomic E-state index is 0.796. The first-order valence-electron chi connectivity index (χ1n) is 5.71. The van der Waals surface area contributed by atoms with E-state index in [1.807, 2.05) is 13.0 Å². The maximum atomic E-state index is 4.06. The summed E-state index contributed by atoms with van der Waals surface area (Å²) >= 11 is 1.60. The lowest BCUT2D eigenvalue weighted by Crippen LogP contribution is -2.02. The van der Waals surface area contributed by atoms with Crippen molar-refractivity contribution in [3.63, 3.8) is 0 Å². The molecule has 0 N–H and O–H groups in total. The van der Waals surface area contributed by atoms with Crippen LogP contribution in [0.1, 0.15) is 18.1 Å². The Labute approximate surface area is 111 Å². The molecule has 4 nitrogen and oxygen atoms in total. The molecule has 0 spiro atoms. The van der Waals surface area contributed by atoms with Gasteiger partial charge in [-0.2, -0.15) is 4.68 Å². The number of aromatic nitrogens is 4. The molecule has 5 heteroatoms. The highest BCUT2D eigenvalue weighted by Gasteiger charge is 2.10. The summed E-state index contributed by atoms with van der Waals surface area (Å²) in [6, 6.07) is 6.24. The molecule has 1 heterocycles. The number of benzene rings is 1. The molecule has 0 unspecified atom stereocenters. The van der Waals surface area contributed by atoms with Gasteiger partial charge in [0.25, 0.3) is 0 Å². The van der Waals surface area contributed by atoms with Crippen LogP contribution >= 0.6 is 11.8 Å². The van der Waals surface area contributed by atoms with Crippen molar-refractivity contribution >= 4 is 11.8 Å². The molecule has 1 aromatic heterocycles. The van der Waals surface area contributed by atoms with Crippen molar-refractivity contribution in [2.75, 3.05) is 5.75 Å². The fraction of sp³-hybridized carbons (Fsp3) is 0.308. The maximum absolute atomic E-state index is 4.06. The van der Waals surface area contributed by atoms with Crippen molar-refractivity contribution in [2.45, 2.75) is 25.9 Å². The van der Waals surface area contributed by atoms with Crippen LogP contribution in [0.25, 0.3) is 5.69 Å². The summed E-state index contributed by atoms with van der Waals surface area (Å²) < 4.78 is 1.78. The molecule has 0 saturated carbocycles. The predicted octanol–water partition coefficient (Wildman–Crippen LogP) is 2.95. The fourth-order valence-corrected chi connectivity index (χ4v) is 2.38. The van der Waals surface area contributed by atoms with E-state index in [-0.39, 0.29) is 0 Å². The van der Waals surface area contributed by atoms with Gasteiger partial charge in [0.1, 0.15) is 0 Å². The minimum Gasteiger partial charge on any atom is -0.187 e. The standard InChI is InChI=1S/C13H16N4S/c1-9(2)8-18-13-14-15-16-17(13)12-6-5-10(3)7-11(12)4/h5-7H,1,8H2,2-4H3. The Hall–Kier alpha value is -1.62. The van der Waals surface area contributed by atoms with E-state index in [9.17, 15) is 0 Å². The van der Waals surface area contributed by atoms with Crippen molar-refractivity contribution in [3.05, 3.63) is 41.5 Å². The smallest absolute Gasteiger partial charge is 0.187 e. The highest BCUT2D eigenvalue weighted by molar-refractivity contribution is 7.99. The quantitative estimate of drug-likeness (QED) is 0.626. The van der Waals surface area contributed by atoms with Gasteiger partial charge in [0, 0.05) is 5.75 Å². The molecule has 94 valence electrons. The van der Waals surface area contributed by atoms with Crippen LogP contribution in [0.2, 0.25) is 0 Å². The number of thioether (sulfide) groups is 1. The highest BCUT2D eigenvalue weighted by Crippen LogP contribution is 2.22. The van der Waals surface area contributed by atoms with Crippen LogP contribution in [-0.2, 0) is 0 Å². The van der Waals surface area contributed by atoms with Crippen molar-refractivity contribution in [1.82, 2.24) is 20.2 Å². The first kappa shape index (κ1) is 12.8. The van der Waals surface area contributed by atoms with Crippen LogP contribution in [-0.4, -0.2) is 26.0 Å². The predicted molar refractivity (Wildman–Crippen MR) is 74.2 cm³/mol. The van der Waals surface area contributed by atoms with E-state index >= 15 is 0 Å². The van der Waals surface area contributed by atoms with E-state index in [0.29, 0.717) is 0 Å². The summed E-state index contributed by atoms with van der Waals surface area (Å²) in [7, 11) is 0. The van der Waals surface area contributed by atoms with E-state index in [4.69, 9.17) is 0 Å². The first-order valence-corrected chi connectivity index (χ1v) is 6.69. The SMILES string of the molecule is C=C(C)CSc1nnnn1-c1ccc(C)cc1C. The Morgan fingerprint density at radius 1 is 1.39 bits per heavy atom. The van der Waals surface area contributed by atoms with Gasteiger partial charge in [-0.1, -0.05) is 41.6 Å². The second kappa shape index (κ2) is 5.35. The molecule has 0 aliphatic heterocycles. The van der Waals surface area contributed by atoms with Crippen LogP contribution in [0.4, 0.5) is 0 Å². The molecule has 2 rings (SSSR count). The zero-order chi connectivity index (χ0) is 13.1. The van der Waals surface area contributed by atoms with Crippen molar-refractivity contribution in [1.29, 1.82) is 0 Å². The second-order valence-electron chi connectivity index (χ2n) is 4.41. The van der Waals surface area contributed by atoms with Gasteiger partial charge in [-0.15, -0.1) is 5.10 Å². The van der Waals surface area contributed by atoms with Gasteiger partial charge < -0.3 is 0 Å². The monoisotopic (exact) mass is 260 g/mol. The Morgan fingerprint density at radius 3 is 2.83 bits per heavy atom. The van der Waals surface area contributed by atoms with Crippen LogP contribution in [0, 0.1) is 13.8 Å². The molecule has 2 aromatic rings. The summed E-state index contributed by atoms with van der Waals surface area (Å²) in [6.45, 7) is 10.0. The van der Waals surface area contributed by atoms with Gasteiger partial charge >= 0.3 is 0 Å². The molecule has 0 amide bonds. The van der Waals surface area contributed by atoms with Crippen LogP contribution in [0.5, 0.6) is 0 Å². The molecular weight excluding hydrogens is 244 g/mol.